The van der Waals surface area contributed by atoms with Gasteiger partial charge in [-0.25, -0.2) is 0 Å². The third-order valence-corrected chi connectivity index (χ3v) is 2.60. The first kappa shape index (κ1) is 10.5. The van der Waals surface area contributed by atoms with Crippen LogP contribution in [0.1, 0.15) is 32.1 Å². The van der Waals surface area contributed by atoms with Gasteiger partial charge in [0.2, 0.25) is 0 Å². The first-order valence-corrected chi connectivity index (χ1v) is 5.16. The Hall–Kier alpha value is -0.630. The van der Waals surface area contributed by atoms with E-state index in [4.69, 9.17) is 0 Å². The van der Waals surface area contributed by atoms with Gasteiger partial charge in [0.05, 0.1) is 0 Å². The van der Waals surface area contributed by atoms with Gasteiger partial charge in [-0.3, -0.25) is 4.79 Å². The Morgan fingerprint density at radius 1 is 1.62 bits per heavy atom. The molecule has 2 nitrogen and oxygen atoms in total. The maximum atomic E-state index is 11.2. The molecule has 1 saturated heterocycles. The summed E-state index contributed by atoms with van der Waals surface area (Å²) in [5.74, 6) is 1.06. The molecule has 13 heavy (non-hydrogen) atoms. The lowest BCUT2D eigenvalue weighted by molar-refractivity contribution is -0.118. The van der Waals surface area contributed by atoms with Gasteiger partial charge in [0.15, 0.2) is 0 Å². The van der Waals surface area contributed by atoms with Crippen LogP contribution in [0, 0.1) is 5.92 Å². The molecule has 0 aromatic heterocycles. The van der Waals surface area contributed by atoms with Crippen molar-refractivity contribution < 1.29 is 4.79 Å². The van der Waals surface area contributed by atoms with Crippen LogP contribution in [0.2, 0.25) is 0 Å². The molecule has 0 amide bonds. The van der Waals surface area contributed by atoms with E-state index >= 15 is 0 Å². The second kappa shape index (κ2) is 5.92. The minimum absolute atomic E-state index is 0.334. The molecule has 0 spiro atoms. The largest absolute Gasteiger partial charge is 0.316 e. The molecule has 0 saturated carbocycles. The number of carbonyl (C=O) groups excluding carboxylic acids is 1. The van der Waals surface area contributed by atoms with Crippen molar-refractivity contribution in [3.05, 3.63) is 12.7 Å². The van der Waals surface area contributed by atoms with Gasteiger partial charge in [0.25, 0.3) is 0 Å². The minimum Gasteiger partial charge on any atom is -0.316 e. The van der Waals surface area contributed by atoms with E-state index in [2.05, 4.69) is 11.9 Å². The number of hydrogen-bond acceptors (Lipinski definition) is 2. The highest BCUT2D eigenvalue weighted by molar-refractivity contribution is 5.79. The van der Waals surface area contributed by atoms with E-state index in [0.29, 0.717) is 12.2 Å². The summed E-state index contributed by atoms with van der Waals surface area (Å²) in [6.07, 6.45) is 6.58. The molecule has 1 atom stereocenters. The molecule has 1 N–H and O–H groups in total. The molecule has 2 heteroatoms. The number of ketones is 1. The Labute approximate surface area is 80.4 Å². The zero-order valence-corrected chi connectivity index (χ0v) is 8.22. The molecule has 0 aromatic rings. The van der Waals surface area contributed by atoms with Gasteiger partial charge in [0.1, 0.15) is 5.78 Å². The summed E-state index contributed by atoms with van der Waals surface area (Å²) in [5.41, 5.74) is 0. The van der Waals surface area contributed by atoms with Gasteiger partial charge in [-0.15, -0.1) is 6.58 Å². The summed E-state index contributed by atoms with van der Waals surface area (Å²) in [6.45, 7) is 5.81. The van der Waals surface area contributed by atoms with Crippen LogP contribution in [0.25, 0.3) is 0 Å². The van der Waals surface area contributed by atoms with E-state index in [1.54, 1.807) is 6.08 Å². The van der Waals surface area contributed by atoms with Crippen LogP contribution < -0.4 is 5.32 Å². The smallest absolute Gasteiger partial charge is 0.136 e. The van der Waals surface area contributed by atoms with Crippen molar-refractivity contribution in [2.45, 2.75) is 32.1 Å². The summed E-state index contributed by atoms with van der Waals surface area (Å²) in [5, 5.41) is 3.36. The van der Waals surface area contributed by atoms with Crippen molar-refractivity contribution in [3.63, 3.8) is 0 Å². The van der Waals surface area contributed by atoms with Gasteiger partial charge in [-0.05, 0) is 38.3 Å². The Morgan fingerprint density at radius 3 is 3.08 bits per heavy atom. The molecule has 1 aliphatic heterocycles. The fourth-order valence-corrected chi connectivity index (χ4v) is 1.80. The Morgan fingerprint density at radius 2 is 2.46 bits per heavy atom. The molecule has 1 aliphatic rings. The number of carbonyl (C=O) groups is 1. The third-order valence-electron chi connectivity index (χ3n) is 2.60. The summed E-state index contributed by atoms with van der Waals surface area (Å²) in [6, 6.07) is 0. The number of rotatable bonds is 5. The average molecular weight is 181 g/mol. The highest BCUT2D eigenvalue weighted by atomic mass is 16.1. The molecule has 1 heterocycles. The topological polar surface area (TPSA) is 29.1 Å². The fraction of sp³-hybridized carbons (Fsp3) is 0.727. The second-order valence-corrected chi connectivity index (χ2v) is 3.78. The summed E-state index contributed by atoms with van der Waals surface area (Å²) in [7, 11) is 0. The number of allylic oxidation sites excluding steroid dienone is 1. The predicted octanol–water partition coefficient (Wildman–Crippen LogP) is 1.91. The predicted molar refractivity (Wildman–Crippen MR) is 54.6 cm³/mol. The third kappa shape index (κ3) is 4.23. The lowest BCUT2D eigenvalue weighted by Crippen LogP contribution is -2.29. The van der Waals surface area contributed by atoms with Crippen molar-refractivity contribution in [1.82, 2.24) is 5.32 Å². The van der Waals surface area contributed by atoms with Crippen LogP contribution in [0.3, 0.4) is 0 Å². The number of nitrogens with one attached hydrogen (secondary N) is 1. The molecule has 0 radical (unpaired) electrons. The highest BCUT2D eigenvalue weighted by Crippen LogP contribution is 2.16. The van der Waals surface area contributed by atoms with Gasteiger partial charge in [0, 0.05) is 12.8 Å². The van der Waals surface area contributed by atoms with Gasteiger partial charge < -0.3 is 5.32 Å². The standard InChI is InChI=1S/C11H19NO/c1-2-4-11(13)7-6-10-5-3-8-12-9-10/h2,10,12H,1,3-9H2. The van der Waals surface area contributed by atoms with Gasteiger partial charge in [-0.1, -0.05) is 6.08 Å². The van der Waals surface area contributed by atoms with Crippen LogP contribution in [0.5, 0.6) is 0 Å². The van der Waals surface area contributed by atoms with Gasteiger partial charge >= 0.3 is 0 Å². The number of hydrogen-bond donors (Lipinski definition) is 1. The SMILES string of the molecule is C=CCC(=O)CCC1CCCNC1. The van der Waals surface area contributed by atoms with E-state index in [1.165, 1.54) is 12.8 Å². The molecule has 1 fully saturated rings. The molecule has 74 valence electrons. The average Bonchev–Trinajstić information content (AvgIpc) is 2.17. The van der Waals surface area contributed by atoms with Crippen LogP contribution in [0.4, 0.5) is 0 Å². The van der Waals surface area contributed by atoms with Crippen LogP contribution in [-0.2, 0) is 4.79 Å². The van der Waals surface area contributed by atoms with Crippen molar-refractivity contribution in [2.24, 2.45) is 5.92 Å². The Bertz CT molecular complexity index is 171. The van der Waals surface area contributed by atoms with E-state index in [-0.39, 0.29) is 0 Å². The molecule has 1 unspecified atom stereocenters. The number of Topliss-reactive ketones (excluding diaryl/α,β-unsaturated/α-hetero) is 1. The first-order chi connectivity index (χ1) is 6.33. The Kier molecular flexibility index (Phi) is 4.76. The van der Waals surface area contributed by atoms with Crippen molar-refractivity contribution in [2.75, 3.05) is 13.1 Å². The summed E-state index contributed by atoms with van der Waals surface area (Å²) >= 11 is 0. The molecule has 0 bridgehead atoms. The van der Waals surface area contributed by atoms with Crippen molar-refractivity contribution >= 4 is 5.78 Å². The van der Waals surface area contributed by atoms with E-state index in [9.17, 15) is 4.79 Å². The zero-order chi connectivity index (χ0) is 9.52. The quantitative estimate of drug-likeness (QED) is 0.656. The fourth-order valence-electron chi connectivity index (χ4n) is 1.80. The first-order valence-electron chi connectivity index (χ1n) is 5.16. The monoisotopic (exact) mass is 181 g/mol. The second-order valence-electron chi connectivity index (χ2n) is 3.78. The Balaban J connectivity index is 2.09. The highest BCUT2D eigenvalue weighted by Gasteiger charge is 2.13. The van der Waals surface area contributed by atoms with Crippen LogP contribution >= 0.6 is 0 Å². The van der Waals surface area contributed by atoms with Crippen molar-refractivity contribution in [3.8, 4) is 0 Å². The molecular weight excluding hydrogens is 162 g/mol. The maximum Gasteiger partial charge on any atom is 0.136 e. The normalized spacial score (nSPS) is 22.6. The lowest BCUT2D eigenvalue weighted by atomic mass is 9.93. The molecule has 1 rings (SSSR count). The zero-order valence-electron chi connectivity index (χ0n) is 8.22. The minimum atomic E-state index is 0.334. The van der Waals surface area contributed by atoms with Crippen LogP contribution in [0.15, 0.2) is 12.7 Å². The van der Waals surface area contributed by atoms with E-state index in [0.717, 1.165) is 31.8 Å². The molecule has 0 aromatic carbocycles. The molecule has 0 aliphatic carbocycles. The van der Waals surface area contributed by atoms with Gasteiger partial charge in [-0.2, -0.15) is 0 Å². The van der Waals surface area contributed by atoms with E-state index in [1.807, 2.05) is 0 Å². The lowest BCUT2D eigenvalue weighted by Gasteiger charge is -2.22. The summed E-state index contributed by atoms with van der Waals surface area (Å²) < 4.78 is 0. The van der Waals surface area contributed by atoms with Crippen molar-refractivity contribution in [1.29, 1.82) is 0 Å². The van der Waals surface area contributed by atoms with Crippen LogP contribution in [-0.4, -0.2) is 18.9 Å². The molecular formula is C11H19NO. The maximum absolute atomic E-state index is 11.2. The van der Waals surface area contributed by atoms with E-state index < -0.39 is 0 Å². The number of piperidine rings is 1. The summed E-state index contributed by atoms with van der Waals surface area (Å²) in [4.78, 5) is 11.2.